The minimum atomic E-state index is -3.49. The van der Waals surface area contributed by atoms with Gasteiger partial charge in [0.05, 0.1) is 0 Å². The molecule has 10 heteroatoms. The van der Waals surface area contributed by atoms with E-state index in [1.807, 2.05) is 13.8 Å². The number of hydrogen-bond donors (Lipinski definition) is 5. The number of phenols is 1. The van der Waals surface area contributed by atoms with Crippen LogP contribution in [0.15, 0.2) is 24.3 Å². The number of hydrogen-bond acceptors (Lipinski definition) is 6. The summed E-state index contributed by atoms with van der Waals surface area (Å²) in [6, 6.07) is 5.84. The Bertz CT molecular complexity index is 844. The number of benzene rings is 1. The molecule has 1 fully saturated rings. The molecule has 1 aliphatic rings. The molecule has 1 aliphatic carbocycles. The van der Waals surface area contributed by atoms with Gasteiger partial charge in [-0.3, -0.25) is 0 Å². The van der Waals surface area contributed by atoms with Gasteiger partial charge in [-0.1, -0.05) is 0 Å². The molecular weight excluding hydrogens is 518 g/mol. The average molecular weight is 558 g/mol. The number of phenolic OH excluding ortho intramolecular Hbond substituents is 1. The van der Waals surface area contributed by atoms with Crippen LogP contribution in [-0.4, -0.2) is 72.4 Å². The molecule has 0 radical (unpaired) electrons. The molecule has 1 aromatic rings. The number of aromatic hydroxyl groups is 1. The molecule has 2 rings (SSSR count). The van der Waals surface area contributed by atoms with Gasteiger partial charge in [-0.05, 0) is 0 Å². The summed E-state index contributed by atoms with van der Waals surface area (Å²) in [6.07, 6.45) is 4.38. The van der Waals surface area contributed by atoms with E-state index >= 15 is 0 Å². The van der Waals surface area contributed by atoms with Crippen LogP contribution in [0.5, 0.6) is 5.75 Å². The van der Waals surface area contributed by atoms with Gasteiger partial charge in [-0.25, -0.2) is 0 Å². The van der Waals surface area contributed by atoms with Crippen molar-refractivity contribution >= 4 is 33.6 Å². The third kappa shape index (κ3) is 10.2. The van der Waals surface area contributed by atoms with Crippen LogP contribution in [0, 0.1) is 11.8 Å². The van der Waals surface area contributed by atoms with Gasteiger partial charge in [0.1, 0.15) is 0 Å². The predicted octanol–water partition coefficient (Wildman–Crippen LogP) is 2.00. The monoisotopic (exact) mass is 558 g/mol. The van der Waals surface area contributed by atoms with E-state index < -0.39 is 40.0 Å². The quantitative estimate of drug-likeness (QED) is 0.184. The Hall–Kier alpha value is -1.17. The van der Waals surface area contributed by atoms with Gasteiger partial charge in [-0.15, -0.1) is 0 Å². The van der Waals surface area contributed by atoms with Crippen LogP contribution in [0.25, 0.3) is 0 Å². The van der Waals surface area contributed by atoms with Crippen LogP contribution in [0.4, 0.5) is 0 Å². The fourth-order valence-corrected chi connectivity index (χ4v) is 9.36. The molecule has 0 bridgehead atoms. The molecule has 0 saturated heterocycles. The minimum absolute atomic E-state index is 0.0293. The molecule has 8 nitrogen and oxygen atoms in total. The van der Waals surface area contributed by atoms with E-state index in [-0.39, 0.29) is 46.9 Å². The van der Waals surface area contributed by atoms with Crippen LogP contribution < -0.4 is 11.1 Å². The van der Waals surface area contributed by atoms with E-state index in [2.05, 4.69) is 5.32 Å². The Labute approximate surface area is 209 Å². The first kappa shape index (κ1) is 29.1. The Morgan fingerprint density at radius 3 is 2.38 bits per heavy atom. The van der Waals surface area contributed by atoms with E-state index in [4.69, 9.17) is 5.73 Å². The Morgan fingerprint density at radius 1 is 1.18 bits per heavy atom. The number of nitrogens with one attached hydrogen (secondary N) is 1. The summed E-state index contributed by atoms with van der Waals surface area (Å²) in [5.41, 5.74) is 6.81. The molecule has 0 aliphatic heterocycles. The van der Waals surface area contributed by atoms with Crippen molar-refractivity contribution in [3.63, 3.8) is 0 Å². The molecule has 5 atom stereocenters. The van der Waals surface area contributed by atoms with Crippen LogP contribution in [0.2, 0.25) is 4.71 Å². The van der Waals surface area contributed by atoms with E-state index in [1.54, 1.807) is 12.1 Å². The molecule has 0 heterocycles. The Balaban J connectivity index is 1.95. The molecule has 0 aromatic heterocycles. The zero-order chi connectivity index (χ0) is 25.3. The second-order valence-corrected chi connectivity index (χ2v) is 15.3. The number of rotatable bonds is 13. The summed E-state index contributed by atoms with van der Waals surface area (Å²) in [4.78, 5) is 36.0. The number of nitrogens with two attached hydrogens (primary N) is 1. The van der Waals surface area contributed by atoms with Crippen LogP contribution in [0.1, 0.15) is 51.5 Å². The molecule has 2 unspecified atom stereocenters. The molecule has 192 valence electrons. The standard InChI is InChI=1S/C24H40AsN2O6P/c1-16(2)22(26)23(30)25-21(12-17-8-10-19(28)11-9-17)24(31)27-13-20(29)15-34(32,33)14-18-6-4-3-5-7-18/h8-11,16,18,20-22,25,28-29H,3-7,12-15,26H2,1-2H3,(H,27,31)(H,32,33)/t20-,21+,22+/m1/s1. The Kier molecular flexibility index (Phi) is 11.8. The molecule has 34 heavy (non-hydrogen) atoms. The first-order chi connectivity index (χ1) is 16.0. The first-order valence-corrected chi connectivity index (χ1v) is 16.4. The Morgan fingerprint density at radius 2 is 1.79 bits per heavy atom. The van der Waals surface area contributed by atoms with E-state index in [0.29, 0.717) is 6.42 Å². The summed E-state index contributed by atoms with van der Waals surface area (Å²) < 4.78 is 12.0. The van der Waals surface area contributed by atoms with Crippen molar-refractivity contribution in [2.24, 2.45) is 17.6 Å². The van der Waals surface area contributed by atoms with Crippen molar-refractivity contribution in [2.75, 3.05) is 18.9 Å². The summed E-state index contributed by atoms with van der Waals surface area (Å²) in [5, 5.41) is 22.5. The fourth-order valence-electron chi connectivity index (χ4n) is 4.23. The van der Waals surface area contributed by atoms with Crippen LogP contribution >= 0.6 is 7.37 Å². The van der Waals surface area contributed by atoms with Gasteiger partial charge < -0.3 is 0 Å². The number of carbonyl (C=O) groups is 2. The summed E-state index contributed by atoms with van der Waals surface area (Å²) in [7, 11) is -3.49. The van der Waals surface area contributed by atoms with Gasteiger partial charge in [0.2, 0.25) is 0 Å². The first-order valence-electron chi connectivity index (χ1n) is 12.1. The van der Waals surface area contributed by atoms with Crippen molar-refractivity contribution in [3.8, 4) is 5.75 Å². The van der Waals surface area contributed by atoms with Crippen molar-refractivity contribution in [3.05, 3.63) is 29.8 Å². The van der Waals surface area contributed by atoms with Crippen LogP contribution in [0.3, 0.4) is 0 Å². The maximum absolute atomic E-state index is 13.0. The molecule has 1 saturated carbocycles. The van der Waals surface area contributed by atoms with E-state index in [1.165, 1.54) is 18.6 Å². The third-order valence-corrected chi connectivity index (χ3v) is 11.4. The molecule has 6 N–H and O–H groups in total. The van der Waals surface area contributed by atoms with Gasteiger partial charge in [0.15, 0.2) is 0 Å². The van der Waals surface area contributed by atoms with E-state index in [9.17, 15) is 29.3 Å². The number of carbonyl (C=O) groups excluding carboxylic acids is 2. The van der Waals surface area contributed by atoms with E-state index in [0.717, 1.165) is 31.2 Å². The second kappa shape index (κ2) is 13.8. The van der Waals surface area contributed by atoms with Crippen molar-refractivity contribution in [1.29, 1.82) is 0 Å². The normalized spacial score (nSPS) is 19.6. The topological polar surface area (TPSA) is 150 Å². The molecular formula is C24H40AsN2O6P. The number of aliphatic hydroxyl groups excluding tert-OH is 1. The molecule has 1 amide bonds. The summed E-state index contributed by atoms with van der Waals surface area (Å²) in [6.45, 7) is 3.58. The predicted molar refractivity (Wildman–Crippen MR) is 136 cm³/mol. The van der Waals surface area contributed by atoms with Crippen LogP contribution in [-0.2, 0) is 20.6 Å². The van der Waals surface area contributed by atoms with Gasteiger partial charge in [-0.2, -0.15) is 0 Å². The zero-order valence-corrected chi connectivity index (χ0v) is 23.1. The average Bonchev–Trinajstić information content (AvgIpc) is 2.77. The second-order valence-electron chi connectivity index (χ2n) is 9.82. The molecule has 1 aromatic carbocycles. The maximum atomic E-state index is 13.0. The van der Waals surface area contributed by atoms with Gasteiger partial charge in [0.25, 0.3) is 0 Å². The number of aliphatic hydroxyl groups is 1. The summed E-state index contributed by atoms with van der Waals surface area (Å²) >= 11 is -1.41. The fraction of sp³-hybridized carbons (Fsp3) is 0.667. The van der Waals surface area contributed by atoms with Crippen molar-refractivity contribution in [2.45, 2.75) is 69.2 Å². The van der Waals surface area contributed by atoms with Gasteiger partial charge in [0, 0.05) is 0 Å². The van der Waals surface area contributed by atoms with Gasteiger partial charge >= 0.3 is 209 Å². The van der Waals surface area contributed by atoms with Crippen molar-refractivity contribution in [1.82, 2.24) is 5.32 Å². The third-order valence-electron chi connectivity index (χ3n) is 6.31. The zero-order valence-electron chi connectivity index (χ0n) is 20.2. The van der Waals surface area contributed by atoms with Crippen molar-refractivity contribution < 1.29 is 29.3 Å². The SMILES string of the molecule is CC(C)[C@H](N)C(=O)[AsH][C@@H](Cc1ccc(O)cc1)C(=O)NC[C@@H](O)CP(=O)(O)CC1CCCCC1. The number of amides is 1. The summed E-state index contributed by atoms with van der Waals surface area (Å²) in [5.74, 6) is -0.0547. The molecule has 0 spiro atoms.